The molecule has 0 atom stereocenters. The van der Waals surface area contributed by atoms with Crippen LogP contribution in [0.1, 0.15) is 11.3 Å². The van der Waals surface area contributed by atoms with E-state index in [0.29, 0.717) is 17.1 Å². The number of pyridine rings is 1. The number of thioether (sulfide) groups is 1. The first-order valence-corrected chi connectivity index (χ1v) is 10.1. The highest BCUT2D eigenvalue weighted by atomic mass is 32.2. The maximum atomic E-state index is 12.3. The molecule has 3 rings (SSSR count). The fourth-order valence-electron chi connectivity index (χ4n) is 2.84. The second kappa shape index (κ2) is 9.98. The minimum Gasteiger partial charge on any atom is -0.497 e. The third-order valence-electron chi connectivity index (χ3n) is 4.29. The highest BCUT2D eigenvalue weighted by Gasteiger charge is 2.09. The predicted molar refractivity (Wildman–Crippen MR) is 119 cm³/mol. The summed E-state index contributed by atoms with van der Waals surface area (Å²) in [5.74, 6) is 2.05. The van der Waals surface area contributed by atoms with Gasteiger partial charge in [0.25, 0.3) is 0 Å². The van der Waals surface area contributed by atoms with Gasteiger partial charge in [-0.3, -0.25) is 9.78 Å². The lowest BCUT2D eigenvalue weighted by Crippen LogP contribution is -2.19. The number of hydrazone groups is 1. The number of methoxy groups -OCH3 is 3. The monoisotopic (exact) mass is 425 g/mol. The van der Waals surface area contributed by atoms with Crippen LogP contribution in [0.25, 0.3) is 10.9 Å². The van der Waals surface area contributed by atoms with Gasteiger partial charge in [0.1, 0.15) is 17.2 Å². The van der Waals surface area contributed by atoms with E-state index in [2.05, 4.69) is 15.5 Å². The maximum Gasteiger partial charge on any atom is 0.250 e. The van der Waals surface area contributed by atoms with Crippen molar-refractivity contribution in [2.75, 3.05) is 27.1 Å². The Morgan fingerprint density at radius 2 is 1.80 bits per heavy atom. The van der Waals surface area contributed by atoms with Crippen LogP contribution in [0.15, 0.2) is 52.5 Å². The minimum absolute atomic E-state index is 0.211. The van der Waals surface area contributed by atoms with Crippen LogP contribution >= 0.6 is 11.8 Å². The molecule has 0 saturated heterocycles. The summed E-state index contributed by atoms with van der Waals surface area (Å²) in [7, 11) is 4.78. The van der Waals surface area contributed by atoms with Crippen LogP contribution in [0.3, 0.4) is 0 Å². The van der Waals surface area contributed by atoms with Crippen LogP contribution in [0.4, 0.5) is 0 Å². The van der Waals surface area contributed by atoms with Gasteiger partial charge in [-0.05, 0) is 49.4 Å². The number of rotatable bonds is 8. The van der Waals surface area contributed by atoms with Crippen molar-refractivity contribution in [2.24, 2.45) is 5.10 Å². The van der Waals surface area contributed by atoms with E-state index in [1.165, 1.54) is 18.0 Å². The summed E-state index contributed by atoms with van der Waals surface area (Å²) in [5, 5.41) is 4.99. The molecular weight excluding hydrogens is 402 g/mol. The Hall–Kier alpha value is -3.26. The zero-order chi connectivity index (χ0) is 21.5. The number of benzene rings is 2. The van der Waals surface area contributed by atoms with E-state index >= 15 is 0 Å². The van der Waals surface area contributed by atoms with Crippen LogP contribution < -0.4 is 19.6 Å². The molecule has 0 radical (unpaired) electrons. The van der Waals surface area contributed by atoms with Crippen molar-refractivity contribution in [1.29, 1.82) is 0 Å². The van der Waals surface area contributed by atoms with Crippen LogP contribution in [0.2, 0.25) is 0 Å². The van der Waals surface area contributed by atoms with Crippen molar-refractivity contribution in [2.45, 2.75) is 11.8 Å². The van der Waals surface area contributed by atoms with Gasteiger partial charge in [0.15, 0.2) is 0 Å². The number of fused-ring (bicyclic) bond motifs is 1. The third kappa shape index (κ3) is 5.21. The highest BCUT2D eigenvalue weighted by Crippen LogP contribution is 2.30. The van der Waals surface area contributed by atoms with E-state index in [4.69, 9.17) is 14.2 Å². The Balaban J connectivity index is 1.67. The first-order chi connectivity index (χ1) is 14.5. The topological polar surface area (TPSA) is 82.0 Å². The molecule has 1 aromatic heterocycles. The maximum absolute atomic E-state index is 12.3. The Bertz CT molecular complexity index is 1090. The first-order valence-electron chi connectivity index (χ1n) is 9.16. The zero-order valence-electron chi connectivity index (χ0n) is 17.3. The van der Waals surface area contributed by atoms with E-state index < -0.39 is 0 Å². The SMILES string of the molecule is COc1ccc(OC)c(C=NNC(=O)CSc2cc(C)nc3ccc(OC)cc23)c1. The van der Waals surface area contributed by atoms with Gasteiger partial charge in [0.2, 0.25) is 5.91 Å². The molecule has 156 valence electrons. The molecule has 1 N–H and O–H groups in total. The number of hydrogen-bond donors (Lipinski definition) is 1. The van der Waals surface area contributed by atoms with Gasteiger partial charge in [-0.25, -0.2) is 5.43 Å². The lowest BCUT2D eigenvalue weighted by atomic mass is 10.2. The fourth-order valence-corrected chi connectivity index (χ4v) is 3.76. The summed E-state index contributed by atoms with van der Waals surface area (Å²) < 4.78 is 15.8. The number of ether oxygens (including phenoxy) is 3. The van der Waals surface area contributed by atoms with Crippen molar-refractivity contribution < 1.29 is 19.0 Å². The number of aromatic nitrogens is 1. The lowest BCUT2D eigenvalue weighted by molar-refractivity contribution is -0.118. The molecule has 3 aromatic rings. The molecule has 8 heteroatoms. The van der Waals surface area contributed by atoms with E-state index in [9.17, 15) is 4.79 Å². The van der Waals surface area contributed by atoms with Gasteiger partial charge in [0.05, 0.1) is 38.8 Å². The van der Waals surface area contributed by atoms with Crippen LogP contribution in [-0.2, 0) is 4.79 Å². The molecule has 0 aliphatic carbocycles. The predicted octanol–water partition coefficient (Wildman–Crippen LogP) is 3.81. The first kappa shape index (κ1) is 21.4. The Labute approximate surface area is 179 Å². The van der Waals surface area contributed by atoms with E-state index in [1.54, 1.807) is 39.5 Å². The number of carbonyl (C=O) groups is 1. The van der Waals surface area contributed by atoms with Gasteiger partial charge < -0.3 is 14.2 Å². The number of hydrogen-bond acceptors (Lipinski definition) is 7. The Morgan fingerprint density at radius 1 is 1.07 bits per heavy atom. The minimum atomic E-state index is -0.219. The molecule has 30 heavy (non-hydrogen) atoms. The summed E-state index contributed by atoms with van der Waals surface area (Å²) >= 11 is 1.43. The zero-order valence-corrected chi connectivity index (χ0v) is 18.1. The number of nitrogens with one attached hydrogen (secondary N) is 1. The molecule has 1 amide bonds. The van der Waals surface area contributed by atoms with Crippen LogP contribution in [0, 0.1) is 6.92 Å². The van der Waals surface area contributed by atoms with Crippen LogP contribution in [0.5, 0.6) is 17.2 Å². The standard InChI is InChI=1S/C22H23N3O4S/c1-14-9-21(18-11-17(28-3)5-7-19(18)24-14)30-13-22(26)25-23-12-15-10-16(27-2)6-8-20(15)29-4/h5-12H,13H2,1-4H3,(H,25,26). The smallest absolute Gasteiger partial charge is 0.250 e. The van der Waals surface area contributed by atoms with Gasteiger partial charge >= 0.3 is 0 Å². The van der Waals surface area contributed by atoms with Crippen LogP contribution in [-0.4, -0.2) is 44.2 Å². The molecule has 7 nitrogen and oxygen atoms in total. The summed E-state index contributed by atoms with van der Waals surface area (Å²) in [6.45, 7) is 1.93. The van der Waals surface area contributed by atoms with E-state index in [-0.39, 0.29) is 11.7 Å². The van der Waals surface area contributed by atoms with Gasteiger partial charge in [-0.1, -0.05) is 0 Å². The molecule has 1 heterocycles. The highest BCUT2D eigenvalue weighted by molar-refractivity contribution is 8.00. The van der Waals surface area contributed by atoms with Crippen molar-refractivity contribution >= 4 is 34.8 Å². The lowest BCUT2D eigenvalue weighted by Gasteiger charge is -2.09. The van der Waals surface area contributed by atoms with Crippen molar-refractivity contribution in [3.8, 4) is 17.2 Å². The van der Waals surface area contributed by atoms with Crippen molar-refractivity contribution in [3.63, 3.8) is 0 Å². The molecule has 0 aliphatic rings. The quantitative estimate of drug-likeness (QED) is 0.336. The van der Waals surface area contributed by atoms with Gasteiger partial charge in [-0.2, -0.15) is 5.10 Å². The van der Waals surface area contributed by atoms with E-state index in [1.807, 2.05) is 31.2 Å². The molecule has 0 spiro atoms. The number of amides is 1. The molecule has 0 saturated carbocycles. The number of nitrogens with zero attached hydrogens (tertiary/aromatic N) is 2. The molecule has 0 bridgehead atoms. The molecule has 0 fully saturated rings. The van der Waals surface area contributed by atoms with E-state index in [0.717, 1.165) is 27.2 Å². The summed E-state index contributed by atoms with van der Waals surface area (Å²) in [5.41, 5.74) is 5.00. The Morgan fingerprint density at radius 3 is 2.53 bits per heavy atom. The summed E-state index contributed by atoms with van der Waals surface area (Å²) in [6.07, 6.45) is 1.53. The number of carbonyl (C=O) groups excluding carboxylic acids is 1. The third-order valence-corrected chi connectivity index (χ3v) is 5.35. The van der Waals surface area contributed by atoms with Crippen molar-refractivity contribution in [1.82, 2.24) is 10.4 Å². The molecule has 0 unspecified atom stereocenters. The van der Waals surface area contributed by atoms with Gasteiger partial charge in [-0.15, -0.1) is 11.8 Å². The number of aryl methyl sites for hydroxylation is 1. The second-order valence-electron chi connectivity index (χ2n) is 6.33. The normalized spacial score (nSPS) is 10.9. The fraction of sp³-hybridized carbons (Fsp3) is 0.227. The Kier molecular flexibility index (Phi) is 7.13. The largest absolute Gasteiger partial charge is 0.497 e. The molecule has 0 aliphatic heterocycles. The van der Waals surface area contributed by atoms with Gasteiger partial charge in [0, 0.05) is 21.5 Å². The average molecular weight is 426 g/mol. The molecule has 2 aromatic carbocycles. The summed E-state index contributed by atoms with van der Waals surface area (Å²) in [6, 6.07) is 13.0. The molecular formula is C22H23N3O4S. The summed E-state index contributed by atoms with van der Waals surface area (Å²) in [4.78, 5) is 17.8. The second-order valence-corrected chi connectivity index (χ2v) is 7.35. The van der Waals surface area contributed by atoms with Crippen molar-refractivity contribution in [3.05, 3.63) is 53.7 Å². The average Bonchev–Trinajstić information content (AvgIpc) is 2.76.